The number of rotatable bonds is 1. The van der Waals surface area contributed by atoms with Crippen LogP contribution >= 0.6 is 0 Å². The molecule has 1 radical (unpaired) electrons. The zero-order chi connectivity index (χ0) is 33.3. The molecule has 0 bridgehead atoms. The van der Waals surface area contributed by atoms with Gasteiger partial charge in [-0.25, -0.2) is 8.78 Å². The summed E-state index contributed by atoms with van der Waals surface area (Å²) < 4.78 is 28.2. The van der Waals surface area contributed by atoms with Crippen LogP contribution in [0.3, 0.4) is 0 Å². The van der Waals surface area contributed by atoms with Crippen LogP contribution < -0.4 is 10.5 Å². The maximum atomic E-state index is 14.3. The molecule has 3 heterocycles. The first-order valence-electron chi connectivity index (χ1n) is 15.4. The van der Waals surface area contributed by atoms with Gasteiger partial charge in [0.1, 0.15) is 5.76 Å². The van der Waals surface area contributed by atoms with E-state index < -0.39 is 25.1 Å². The molecular formula is C39H37F2IrN2O2Si-. The average molecular weight is 824 g/mol. The predicted octanol–water partition coefficient (Wildman–Crippen LogP) is 9.06. The number of hydrogen-bond donors (Lipinski definition) is 1. The zero-order valence-electron chi connectivity index (χ0n) is 27.8. The van der Waals surface area contributed by atoms with Gasteiger partial charge in [0, 0.05) is 48.9 Å². The molecule has 47 heavy (non-hydrogen) atoms. The number of carbonyl (C=O) groups is 1. The SMILES string of the molecule is CC(C)(C)C(=O)/C=C(\O)C(C)(C)C.C[Si]1(C)c2nc3ccccc3[c-]c2-c2nccc3c2c1cc1c2cc(F)c(F)cc2ccc31.[Ir]. The Hall–Kier alpha value is -3.84. The van der Waals surface area contributed by atoms with E-state index in [1.54, 1.807) is 0 Å². The second kappa shape index (κ2) is 12.0. The number of benzene rings is 4. The van der Waals surface area contributed by atoms with Gasteiger partial charge in [0.15, 0.2) is 17.4 Å². The van der Waals surface area contributed by atoms with Crippen LogP contribution in [-0.4, -0.2) is 28.9 Å². The number of halogens is 2. The second-order valence-corrected chi connectivity index (χ2v) is 18.9. The summed E-state index contributed by atoms with van der Waals surface area (Å²) in [5.41, 5.74) is 2.04. The monoisotopic (exact) mass is 824 g/mol. The summed E-state index contributed by atoms with van der Waals surface area (Å²) in [4.78, 5) is 21.4. The van der Waals surface area contributed by atoms with Gasteiger partial charge in [-0.05, 0) is 61.4 Å². The second-order valence-electron chi connectivity index (χ2n) is 14.7. The minimum Gasteiger partial charge on any atom is -0.512 e. The van der Waals surface area contributed by atoms with E-state index in [0.717, 1.165) is 54.4 Å². The quantitative estimate of drug-likeness (QED) is 0.0592. The number of para-hydroxylation sites is 1. The topological polar surface area (TPSA) is 63.1 Å². The minimum atomic E-state index is -2.26. The van der Waals surface area contributed by atoms with Crippen LogP contribution in [0.25, 0.3) is 54.5 Å². The van der Waals surface area contributed by atoms with Gasteiger partial charge < -0.3 is 10.1 Å². The molecule has 0 saturated carbocycles. The molecule has 0 amide bonds. The van der Waals surface area contributed by atoms with Crippen molar-refractivity contribution in [2.75, 3.05) is 0 Å². The Morgan fingerprint density at radius 3 is 2.21 bits per heavy atom. The van der Waals surface area contributed by atoms with Gasteiger partial charge in [-0.3, -0.25) is 9.78 Å². The molecule has 243 valence electrons. The molecule has 4 aromatic carbocycles. The minimum absolute atomic E-state index is 0. The van der Waals surface area contributed by atoms with Crippen molar-refractivity contribution in [1.29, 1.82) is 0 Å². The number of aliphatic hydroxyl groups excluding tert-OH is 1. The van der Waals surface area contributed by atoms with Gasteiger partial charge in [-0.15, -0.1) is 12.1 Å². The van der Waals surface area contributed by atoms with E-state index in [1.165, 1.54) is 23.4 Å². The van der Waals surface area contributed by atoms with Crippen molar-refractivity contribution in [1.82, 2.24) is 9.97 Å². The van der Waals surface area contributed by atoms with Gasteiger partial charge in [-0.2, -0.15) is 0 Å². The van der Waals surface area contributed by atoms with Crippen molar-refractivity contribution >= 4 is 67.6 Å². The van der Waals surface area contributed by atoms with E-state index in [9.17, 15) is 18.7 Å². The van der Waals surface area contributed by atoms with Crippen LogP contribution in [-0.2, 0) is 24.9 Å². The standard InChI is InChI=1S/C28H17F2N2Si.C11H20O2.Ir/c1-33(2)25-14-20-17(8-7-15-12-22(29)23(30)13-19(15)20)18-9-10-31-27(26(18)25)21-11-16-5-3-4-6-24(16)32-28(21)33;1-10(2,3)8(12)7-9(13)11(4,5)6;/h3-10,12-14H,1-2H3;7,12H,1-6H3;/q-1;;/b;8-7-;. The number of fused-ring (bicyclic) bond motifs is 7. The van der Waals surface area contributed by atoms with Crippen LogP contribution in [0.5, 0.6) is 0 Å². The molecule has 0 spiro atoms. The van der Waals surface area contributed by atoms with E-state index in [2.05, 4.69) is 25.2 Å². The summed E-state index contributed by atoms with van der Waals surface area (Å²) in [6.07, 6.45) is 3.16. The molecule has 7 rings (SSSR count). The molecule has 0 saturated heterocycles. The third-order valence-electron chi connectivity index (χ3n) is 8.81. The summed E-state index contributed by atoms with van der Waals surface area (Å²) in [6.45, 7) is 15.7. The van der Waals surface area contributed by atoms with E-state index in [-0.39, 0.29) is 37.1 Å². The number of nitrogens with zero attached hydrogens (tertiary/aromatic N) is 2. The maximum Gasteiger partial charge on any atom is 0.164 e. The Labute approximate surface area is 288 Å². The Balaban J connectivity index is 0.000000267. The van der Waals surface area contributed by atoms with Gasteiger partial charge in [0.25, 0.3) is 0 Å². The van der Waals surface area contributed by atoms with Gasteiger partial charge in [-0.1, -0.05) is 107 Å². The molecule has 6 aromatic rings. The first kappa shape index (κ1) is 34.5. The van der Waals surface area contributed by atoms with Crippen LogP contribution in [0.15, 0.2) is 78.7 Å². The summed E-state index contributed by atoms with van der Waals surface area (Å²) >= 11 is 0. The van der Waals surface area contributed by atoms with Crippen molar-refractivity contribution < 1.29 is 38.8 Å². The fourth-order valence-corrected chi connectivity index (χ4v) is 8.79. The molecule has 0 atom stereocenters. The maximum absolute atomic E-state index is 14.3. The number of aliphatic hydroxyl groups is 1. The largest absolute Gasteiger partial charge is 0.512 e. The molecule has 0 unspecified atom stereocenters. The van der Waals surface area contributed by atoms with E-state index >= 15 is 0 Å². The Kier molecular flexibility index (Phi) is 8.80. The summed E-state index contributed by atoms with van der Waals surface area (Å²) in [6, 6.07) is 22.3. The number of allylic oxidation sites excluding steroid dienone is 2. The summed E-state index contributed by atoms with van der Waals surface area (Å²) in [5, 5.41) is 18.4. The molecule has 1 aliphatic rings. The predicted molar refractivity (Wildman–Crippen MR) is 188 cm³/mol. The summed E-state index contributed by atoms with van der Waals surface area (Å²) in [7, 11) is -2.26. The van der Waals surface area contributed by atoms with Crippen LogP contribution in [0.2, 0.25) is 13.1 Å². The Morgan fingerprint density at radius 2 is 1.53 bits per heavy atom. The van der Waals surface area contributed by atoms with Gasteiger partial charge in [0.05, 0.1) is 8.07 Å². The van der Waals surface area contributed by atoms with Crippen molar-refractivity contribution in [2.24, 2.45) is 10.8 Å². The van der Waals surface area contributed by atoms with E-state index in [0.29, 0.717) is 5.39 Å². The smallest absolute Gasteiger partial charge is 0.164 e. The molecule has 4 nitrogen and oxygen atoms in total. The molecule has 2 aromatic heterocycles. The molecular weight excluding hydrogens is 787 g/mol. The van der Waals surface area contributed by atoms with Gasteiger partial charge in [0.2, 0.25) is 0 Å². The van der Waals surface area contributed by atoms with Crippen molar-refractivity contribution in [3.05, 3.63) is 96.4 Å². The Morgan fingerprint density at radius 1 is 0.851 bits per heavy atom. The summed E-state index contributed by atoms with van der Waals surface area (Å²) in [5.74, 6) is -1.55. The first-order valence-corrected chi connectivity index (χ1v) is 18.4. The number of aromatic nitrogens is 2. The molecule has 1 aliphatic heterocycles. The van der Waals surface area contributed by atoms with Crippen LogP contribution in [0.4, 0.5) is 8.78 Å². The van der Waals surface area contributed by atoms with Crippen LogP contribution in [0.1, 0.15) is 41.5 Å². The third kappa shape index (κ3) is 6.03. The van der Waals surface area contributed by atoms with E-state index in [4.69, 9.17) is 9.97 Å². The molecule has 8 heteroatoms. The fourth-order valence-electron chi connectivity index (χ4n) is 5.94. The number of ketones is 1. The van der Waals surface area contributed by atoms with Crippen LogP contribution in [0, 0.1) is 28.5 Å². The average Bonchev–Trinajstić information content (AvgIpc) is 2.99. The fraction of sp³-hybridized carbons (Fsp3) is 0.256. The third-order valence-corrected chi connectivity index (χ3v) is 12.1. The number of carbonyl (C=O) groups excluding carboxylic acids is 1. The van der Waals surface area contributed by atoms with Crippen molar-refractivity contribution in [2.45, 2.75) is 54.6 Å². The number of hydrogen-bond acceptors (Lipinski definition) is 4. The molecule has 0 aliphatic carbocycles. The molecule has 1 N–H and O–H groups in total. The zero-order valence-corrected chi connectivity index (χ0v) is 31.2. The normalized spacial score (nSPS) is 14.0. The van der Waals surface area contributed by atoms with Crippen molar-refractivity contribution in [3.63, 3.8) is 0 Å². The van der Waals surface area contributed by atoms with Gasteiger partial charge >= 0.3 is 0 Å². The van der Waals surface area contributed by atoms with E-state index in [1.807, 2.05) is 90.2 Å². The van der Waals surface area contributed by atoms with Crippen molar-refractivity contribution in [3.8, 4) is 11.3 Å². The Bertz CT molecular complexity index is 2270. The molecule has 0 fully saturated rings. The first-order chi connectivity index (χ1) is 21.5. The number of pyridine rings is 2.